The molecule has 1 N–H and O–H groups in total. The van der Waals surface area contributed by atoms with Crippen molar-refractivity contribution in [2.24, 2.45) is 0 Å². The van der Waals surface area contributed by atoms with Crippen LogP contribution in [0.2, 0.25) is 0 Å². The minimum atomic E-state index is -0.781. The molecule has 3 unspecified atom stereocenters. The number of amides is 2. The number of carbonyl (C=O) groups excluding carboxylic acids is 2. The molecular weight excluding hydrogens is 495 g/mol. The van der Waals surface area contributed by atoms with Gasteiger partial charge in [0.2, 0.25) is 11.7 Å². The van der Waals surface area contributed by atoms with Crippen molar-refractivity contribution in [2.45, 2.75) is 24.4 Å². The highest BCUT2D eigenvalue weighted by atomic mass is 32.2. The second-order valence-electron chi connectivity index (χ2n) is 8.52. The van der Waals surface area contributed by atoms with E-state index in [0.29, 0.717) is 28.6 Å². The summed E-state index contributed by atoms with van der Waals surface area (Å²) in [5.41, 5.74) is 1.80. The highest BCUT2D eigenvalue weighted by Crippen LogP contribution is 2.44. The van der Waals surface area contributed by atoms with Crippen LogP contribution >= 0.6 is 11.8 Å². The van der Waals surface area contributed by atoms with Crippen LogP contribution in [0.25, 0.3) is 0 Å². The van der Waals surface area contributed by atoms with E-state index in [0.717, 1.165) is 5.56 Å². The summed E-state index contributed by atoms with van der Waals surface area (Å²) in [6.07, 6.45) is 0. The molecule has 0 bridgehead atoms. The monoisotopic (exact) mass is 524 g/mol. The number of nitrogens with zero attached hydrogens (tertiary/aromatic N) is 1. The van der Waals surface area contributed by atoms with Gasteiger partial charge in [-0.25, -0.2) is 4.39 Å². The standard InChI is InChI=1S/C28H29FN2O5S/c1-17(18-9-6-5-7-10-18)30-26(32)22-16-37-28(19-11-8-12-21(29)13-19)31(22)27(33)20-14-23(34-2)25(36-4)24(15-20)35-3/h5-15,17,22,28H,16H2,1-4H3,(H,30,32). The fraction of sp³-hybridized carbons (Fsp3) is 0.286. The quantitative estimate of drug-likeness (QED) is 0.448. The van der Waals surface area contributed by atoms with Gasteiger partial charge in [0.25, 0.3) is 5.91 Å². The van der Waals surface area contributed by atoms with Crippen LogP contribution < -0.4 is 19.5 Å². The Kier molecular flexibility index (Phi) is 8.23. The van der Waals surface area contributed by atoms with Crippen LogP contribution in [0.4, 0.5) is 4.39 Å². The van der Waals surface area contributed by atoms with E-state index in [1.54, 1.807) is 24.3 Å². The molecule has 1 aliphatic rings. The lowest BCUT2D eigenvalue weighted by Crippen LogP contribution is -2.48. The average molecular weight is 525 g/mol. The molecule has 37 heavy (non-hydrogen) atoms. The average Bonchev–Trinajstić information content (AvgIpc) is 3.37. The molecule has 0 aliphatic carbocycles. The van der Waals surface area contributed by atoms with Crippen molar-refractivity contribution in [3.63, 3.8) is 0 Å². The smallest absolute Gasteiger partial charge is 0.256 e. The van der Waals surface area contributed by atoms with Crippen LogP contribution in [-0.4, -0.2) is 49.8 Å². The Morgan fingerprint density at radius 3 is 2.24 bits per heavy atom. The Hall–Kier alpha value is -3.72. The first-order valence-corrected chi connectivity index (χ1v) is 12.8. The third-order valence-electron chi connectivity index (χ3n) is 6.24. The lowest BCUT2D eigenvalue weighted by atomic mass is 10.1. The first-order chi connectivity index (χ1) is 17.9. The largest absolute Gasteiger partial charge is 0.493 e. The molecule has 0 spiro atoms. The topological polar surface area (TPSA) is 77.1 Å². The zero-order valence-electron chi connectivity index (χ0n) is 21.1. The maximum absolute atomic E-state index is 14.1. The minimum Gasteiger partial charge on any atom is -0.493 e. The van der Waals surface area contributed by atoms with Gasteiger partial charge in [-0.05, 0) is 42.3 Å². The molecule has 3 atom stereocenters. The number of halogens is 1. The molecule has 7 nitrogen and oxygen atoms in total. The van der Waals surface area contributed by atoms with Gasteiger partial charge in [0.1, 0.15) is 17.2 Å². The Bertz CT molecular complexity index is 1250. The second kappa shape index (κ2) is 11.6. The summed E-state index contributed by atoms with van der Waals surface area (Å²) in [5.74, 6) is 0.226. The van der Waals surface area contributed by atoms with Gasteiger partial charge in [-0.2, -0.15) is 0 Å². The third-order valence-corrected chi connectivity index (χ3v) is 7.56. The summed E-state index contributed by atoms with van der Waals surface area (Å²) in [4.78, 5) is 29.0. The van der Waals surface area contributed by atoms with E-state index in [-0.39, 0.29) is 17.5 Å². The lowest BCUT2D eigenvalue weighted by Gasteiger charge is -2.30. The van der Waals surface area contributed by atoms with E-state index in [9.17, 15) is 14.0 Å². The van der Waals surface area contributed by atoms with Gasteiger partial charge in [-0.3, -0.25) is 9.59 Å². The number of hydrogen-bond donors (Lipinski definition) is 1. The van der Waals surface area contributed by atoms with E-state index in [1.165, 1.54) is 50.1 Å². The maximum atomic E-state index is 14.1. The zero-order chi connectivity index (χ0) is 26.5. The normalized spacial score (nSPS) is 17.7. The predicted molar refractivity (Wildman–Crippen MR) is 141 cm³/mol. The van der Waals surface area contributed by atoms with Gasteiger partial charge >= 0.3 is 0 Å². The molecule has 3 aromatic rings. The zero-order valence-corrected chi connectivity index (χ0v) is 21.9. The molecule has 194 valence electrons. The van der Waals surface area contributed by atoms with E-state index in [2.05, 4.69) is 5.32 Å². The first-order valence-electron chi connectivity index (χ1n) is 11.7. The van der Waals surface area contributed by atoms with Crippen LogP contribution in [0, 0.1) is 5.82 Å². The van der Waals surface area contributed by atoms with Gasteiger partial charge in [0.15, 0.2) is 11.5 Å². The maximum Gasteiger partial charge on any atom is 0.256 e. The Morgan fingerprint density at radius 2 is 1.65 bits per heavy atom. The number of thioether (sulfide) groups is 1. The van der Waals surface area contributed by atoms with Gasteiger partial charge in [-0.1, -0.05) is 42.5 Å². The molecule has 9 heteroatoms. The number of ether oxygens (including phenoxy) is 3. The molecule has 3 aromatic carbocycles. The van der Waals surface area contributed by atoms with Crippen molar-refractivity contribution in [1.29, 1.82) is 0 Å². The highest BCUT2D eigenvalue weighted by molar-refractivity contribution is 7.99. The van der Waals surface area contributed by atoms with Crippen molar-refractivity contribution in [2.75, 3.05) is 27.1 Å². The van der Waals surface area contributed by atoms with Gasteiger partial charge in [0.05, 0.1) is 27.4 Å². The third kappa shape index (κ3) is 5.51. The molecule has 0 radical (unpaired) electrons. The van der Waals surface area contributed by atoms with Crippen LogP contribution in [0.15, 0.2) is 66.7 Å². The lowest BCUT2D eigenvalue weighted by molar-refractivity contribution is -0.125. The molecule has 0 aromatic heterocycles. The summed E-state index contributed by atoms with van der Waals surface area (Å²) in [7, 11) is 4.41. The fourth-order valence-corrected chi connectivity index (χ4v) is 5.78. The van der Waals surface area contributed by atoms with Crippen molar-refractivity contribution in [1.82, 2.24) is 10.2 Å². The summed E-state index contributed by atoms with van der Waals surface area (Å²) >= 11 is 1.41. The van der Waals surface area contributed by atoms with Gasteiger partial charge in [0, 0.05) is 11.3 Å². The fourth-order valence-electron chi connectivity index (χ4n) is 4.36. The van der Waals surface area contributed by atoms with Crippen molar-refractivity contribution >= 4 is 23.6 Å². The molecule has 1 fully saturated rings. The number of benzene rings is 3. The second-order valence-corrected chi connectivity index (χ2v) is 9.64. The summed E-state index contributed by atoms with van der Waals surface area (Å²) in [6.45, 7) is 1.89. The van der Waals surface area contributed by atoms with E-state index < -0.39 is 23.1 Å². The van der Waals surface area contributed by atoms with Crippen LogP contribution in [0.1, 0.15) is 39.8 Å². The summed E-state index contributed by atoms with van der Waals surface area (Å²) in [5, 5.41) is 2.47. The molecular formula is C28H29FN2O5S. The van der Waals surface area contributed by atoms with Crippen LogP contribution in [0.3, 0.4) is 0 Å². The number of hydrogen-bond acceptors (Lipinski definition) is 6. The Balaban J connectivity index is 1.71. The predicted octanol–water partition coefficient (Wildman–Crippen LogP) is 4.99. The molecule has 1 aliphatic heterocycles. The SMILES string of the molecule is COc1cc(C(=O)N2C(C(=O)NC(C)c3ccccc3)CSC2c2cccc(F)c2)cc(OC)c1OC. The Morgan fingerprint density at radius 1 is 0.973 bits per heavy atom. The Labute approximate surface area is 219 Å². The van der Waals surface area contributed by atoms with Crippen LogP contribution in [0.5, 0.6) is 17.2 Å². The number of nitrogens with one attached hydrogen (secondary N) is 1. The van der Waals surface area contributed by atoms with E-state index >= 15 is 0 Å². The number of rotatable bonds is 8. The molecule has 0 saturated carbocycles. The van der Waals surface area contributed by atoms with Crippen molar-refractivity contribution in [3.8, 4) is 17.2 Å². The first kappa shape index (κ1) is 26.3. The molecule has 4 rings (SSSR count). The van der Waals surface area contributed by atoms with Crippen molar-refractivity contribution < 1.29 is 28.2 Å². The van der Waals surface area contributed by atoms with Gasteiger partial charge < -0.3 is 24.4 Å². The number of carbonyl (C=O) groups is 2. The van der Waals surface area contributed by atoms with E-state index in [1.807, 2.05) is 37.3 Å². The molecule has 1 saturated heterocycles. The minimum absolute atomic E-state index is 0.257. The number of methoxy groups -OCH3 is 3. The van der Waals surface area contributed by atoms with E-state index in [4.69, 9.17) is 14.2 Å². The molecule has 2 amide bonds. The summed E-state index contributed by atoms with van der Waals surface area (Å²) < 4.78 is 30.4. The van der Waals surface area contributed by atoms with Crippen LogP contribution in [-0.2, 0) is 4.79 Å². The highest BCUT2D eigenvalue weighted by Gasteiger charge is 2.43. The summed E-state index contributed by atoms with van der Waals surface area (Å²) in [6, 6.07) is 17.7. The molecule has 1 heterocycles. The van der Waals surface area contributed by atoms with Gasteiger partial charge in [-0.15, -0.1) is 11.8 Å². The van der Waals surface area contributed by atoms with Crippen molar-refractivity contribution in [3.05, 3.63) is 89.2 Å².